The second-order valence-electron chi connectivity index (χ2n) is 5.05. The quantitative estimate of drug-likeness (QED) is 0.894. The van der Waals surface area contributed by atoms with Crippen LogP contribution in [0.1, 0.15) is 10.4 Å². The molecule has 7 heteroatoms. The number of nitrogens with zero attached hydrogens (tertiary/aromatic N) is 2. The molecule has 1 aliphatic heterocycles. The van der Waals surface area contributed by atoms with Crippen LogP contribution in [-0.4, -0.2) is 61.4 Å². The van der Waals surface area contributed by atoms with E-state index >= 15 is 0 Å². The van der Waals surface area contributed by atoms with Crippen LogP contribution in [0, 0.1) is 0 Å². The summed E-state index contributed by atoms with van der Waals surface area (Å²) in [6.07, 6.45) is 0. The van der Waals surface area contributed by atoms with Crippen molar-refractivity contribution in [1.82, 2.24) is 15.1 Å². The molecule has 1 aromatic rings. The zero-order valence-corrected chi connectivity index (χ0v) is 13.4. The Bertz CT molecular complexity index is 543. The number of carbonyl (C=O) groups is 2. The molecule has 2 rings (SSSR count). The van der Waals surface area contributed by atoms with Gasteiger partial charge in [-0.05, 0) is 12.1 Å². The summed E-state index contributed by atoms with van der Waals surface area (Å²) < 4.78 is 0. The molecule has 0 aromatic heterocycles. The van der Waals surface area contributed by atoms with Gasteiger partial charge in [0.25, 0.3) is 5.91 Å². The van der Waals surface area contributed by atoms with Crippen molar-refractivity contribution in [2.24, 2.45) is 0 Å². The molecule has 1 unspecified atom stereocenters. The average molecular weight is 330 g/mol. The van der Waals surface area contributed by atoms with Crippen LogP contribution in [0.4, 0.5) is 0 Å². The molecule has 5 nitrogen and oxygen atoms in total. The Kier molecular flexibility index (Phi) is 5.08. The molecule has 21 heavy (non-hydrogen) atoms. The number of carbonyl (C=O) groups excluding carboxylic acids is 2. The van der Waals surface area contributed by atoms with Crippen LogP contribution < -0.4 is 5.32 Å². The van der Waals surface area contributed by atoms with E-state index in [1.807, 2.05) is 0 Å². The summed E-state index contributed by atoms with van der Waals surface area (Å²) in [7, 11) is 3.34. The summed E-state index contributed by atoms with van der Waals surface area (Å²) in [6, 6.07) is 4.37. The Morgan fingerprint density at radius 3 is 2.48 bits per heavy atom. The van der Waals surface area contributed by atoms with E-state index in [0.717, 1.165) is 0 Å². The molecule has 1 fully saturated rings. The molecule has 1 N–H and O–H groups in total. The van der Waals surface area contributed by atoms with Gasteiger partial charge in [0.1, 0.15) is 6.04 Å². The first kappa shape index (κ1) is 16.1. The standard InChI is InChI=1S/C14H17Cl2N3O2/c1-18(2)13(20)11-8-17-6-7-19(11)14(21)12-9(15)4-3-5-10(12)16/h3-5,11,17H,6-8H2,1-2H3. The number of piperazine rings is 1. The van der Waals surface area contributed by atoms with Gasteiger partial charge in [-0.25, -0.2) is 0 Å². The predicted octanol–water partition coefficient (Wildman–Crippen LogP) is 1.50. The van der Waals surface area contributed by atoms with E-state index in [1.54, 1.807) is 32.3 Å². The fraction of sp³-hybridized carbons (Fsp3) is 0.429. The third-order valence-electron chi connectivity index (χ3n) is 3.41. The van der Waals surface area contributed by atoms with Crippen LogP contribution in [0.15, 0.2) is 18.2 Å². The van der Waals surface area contributed by atoms with Crippen LogP contribution in [-0.2, 0) is 4.79 Å². The molecule has 0 radical (unpaired) electrons. The highest BCUT2D eigenvalue weighted by Gasteiger charge is 2.34. The van der Waals surface area contributed by atoms with Gasteiger partial charge in [-0.1, -0.05) is 29.3 Å². The smallest absolute Gasteiger partial charge is 0.257 e. The zero-order chi connectivity index (χ0) is 15.6. The van der Waals surface area contributed by atoms with Crippen LogP contribution in [0.3, 0.4) is 0 Å². The van der Waals surface area contributed by atoms with Gasteiger partial charge >= 0.3 is 0 Å². The molecule has 0 aliphatic carbocycles. The molecule has 1 aliphatic rings. The Morgan fingerprint density at radius 2 is 1.90 bits per heavy atom. The van der Waals surface area contributed by atoms with Crippen LogP contribution in [0.2, 0.25) is 10.0 Å². The van der Waals surface area contributed by atoms with Crippen molar-refractivity contribution in [2.45, 2.75) is 6.04 Å². The van der Waals surface area contributed by atoms with Gasteiger partial charge in [-0.3, -0.25) is 9.59 Å². The third kappa shape index (κ3) is 3.31. The predicted molar refractivity (Wildman–Crippen MR) is 82.9 cm³/mol. The van der Waals surface area contributed by atoms with Gasteiger partial charge in [0, 0.05) is 33.7 Å². The first-order valence-electron chi connectivity index (χ1n) is 6.60. The number of hydrogen-bond donors (Lipinski definition) is 1. The highest BCUT2D eigenvalue weighted by atomic mass is 35.5. The zero-order valence-electron chi connectivity index (χ0n) is 11.9. The van der Waals surface area contributed by atoms with E-state index in [9.17, 15) is 9.59 Å². The number of nitrogens with one attached hydrogen (secondary N) is 1. The van der Waals surface area contributed by atoms with Gasteiger partial charge < -0.3 is 15.1 Å². The van der Waals surface area contributed by atoms with Crippen molar-refractivity contribution in [3.63, 3.8) is 0 Å². The van der Waals surface area contributed by atoms with E-state index < -0.39 is 6.04 Å². The fourth-order valence-corrected chi connectivity index (χ4v) is 2.87. The SMILES string of the molecule is CN(C)C(=O)C1CNCCN1C(=O)c1c(Cl)cccc1Cl. The highest BCUT2D eigenvalue weighted by Crippen LogP contribution is 2.26. The van der Waals surface area contributed by atoms with E-state index in [0.29, 0.717) is 29.7 Å². The summed E-state index contributed by atoms with van der Waals surface area (Å²) in [5.41, 5.74) is 0.249. The lowest BCUT2D eigenvalue weighted by molar-refractivity contribution is -0.134. The molecule has 1 saturated heterocycles. The van der Waals surface area contributed by atoms with Crippen molar-refractivity contribution in [1.29, 1.82) is 0 Å². The maximum absolute atomic E-state index is 12.7. The summed E-state index contributed by atoms with van der Waals surface area (Å²) in [5.74, 6) is -0.439. The molecule has 1 heterocycles. The van der Waals surface area contributed by atoms with Crippen molar-refractivity contribution in [3.8, 4) is 0 Å². The first-order valence-corrected chi connectivity index (χ1v) is 7.36. The van der Waals surface area contributed by atoms with Crippen molar-refractivity contribution in [3.05, 3.63) is 33.8 Å². The van der Waals surface area contributed by atoms with Crippen molar-refractivity contribution < 1.29 is 9.59 Å². The van der Waals surface area contributed by atoms with E-state index in [4.69, 9.17) is 23.2 Å². The molecule has 1 aromatic carbocycles. The van der Waals surface area contributed by atoms with Crippen molar-refractivity contribution in [2.75, 3.05) is 33.7 Å². The molecule has 114 valence electrons. The topological polar surface area (TPSA) is 52.7 Å². The van der Waals surface area contributed by atoms with E-state index in [2.05, 4.69) is 5.32 Å². The lowest BCUT2D eigenvalue weighted by atomic mass is 10.1. The number of halogens is 2. The van der Waals surface area contributed by atoms with Crippen LogP contribution >= 0.6 is 23.2 Å². The van der Waals surface area contributed by atoms with Gasteiger partial charge in [-0.2, -0.15) is 0 Å². The van der Waals surface area contributed by atoms with Gasteiger partial charge in [0.15, 0.2) is 0 Å². The normalized spacial score (nSPS) is 18.5. The molecular formula is C14H17Cl2N3O2. The van der Waals surface area contributed by atoms with Gasteiger partial charge in [0.05, 0.1) is 15.6 Å². The lowest BCUT2D eigenvalue weighted by Crippen LogP contribution is -2.59. The van der Waals surface area contributed by atoms with E-state index in [1.165, 1.54) is 9.80 Å². The van der Waals surface area contributed by atoms with Gasteiger partial charge in [0.2, 0.25) is 5.91 Å². The highest BCUT2D eigenvalue weighted by molar-refractivity contribution is 6.39. The first-order chi connectivity index (χ1) is 9.93. The second-order valence-corrected chi connectivity index (χ2v) is 5.86. The monoisotopic (exact) mass is 329 g/mol. The number of likely N-dealkylation sites (N-methyl/N-ethyl adjacent to an activating group) is 1. The Morgan fingerprint density at radius 1 is 1.29 bits per heavy atom. The van der Waals surface area contributed by atoms with Crippen molar-refractivity contribution >= 4 is 35.0 Å². The summed E-state index contributed by atoms with van der Waals surface area (Å²) in [4.78, 5) is 28.0. The lowest BCUT2D eigenvalue weighted by Gasteiger charge is -2.36. The van der Waals surface area contributed by atoms with Crippen LogP contribution in [0.25, 0.3) is 0 Å². The molecule has 0 spiro atoms. The summed E-state index contributed by atoms with van der Waals surface area (Å²) in [5, 5.41) is 3.72. The maximum atomic E-state index is 12.7. The number of benzene rings is 1. The second kappa shape index (κ2) is 6.64. The minimum Gasteiger partial charge on any atom is -0.347 e. The third-order valence-corrected chi connectivity index (χ3v) is 4.04. The minimum atomic E-state index is -0.548. The molecule has 0 saturated carbocycles. The minimum absolute atomic E-state index is 0.126. The number of hydrogen-bond acceptors (Lipinski definition) is 3. The molecule has 2 amide bonds. The molecular weight excluding hydrogens is 313 g/mol. The number of amides is 2. The Labute approximate surface area is 133 Å². The summed E-state index contributed by atoms with van der Waals surface area (Å²) >= 11 is 12.2. The molecule has 1 atom stereocenters. The molecule has 0 bridgehead atoms. The largest absolute Gasteiger partial charge is 0.347 e. The Balaban J connectivity index is 2.33. The fourth-order valence-electron chi connectivity index (χ4n) is 2.31. The Hall–Kier alpha value is -1.30. The maximum Gasteiger partial charge on any atom is 0.257 e. The average Bonchev–Trinajstić information content (AvgIpc) is 2.46. The number of rotatable bonds is 2. The van der Waals surface area contributed by atoms with Gasteiger partial charge in [-0.15, -0.1) is 0 Å². The van der Waals surface area contributed by atoms with E-state index in [-0.39, 0.29) is 17.4 Å². The summed E-state index contributed by atoms with van der Waals surface area (Å²) in [6.45, 7) is 1.49. The van der Waals surface area contributed by atoms with Crippen LogP contribution in [0.5, 0.6) is 0 Å².